The Morgan fingerprint density at radius 2 is 2.24 bits per heavy atom. The van der Waals surface area contributed by atoms with Crippen molar-refractivity contribution in [3.05, 3.63) is 34.8 Å². The first kappa shape index (κ1) is 15.6. The highest BCUT2D eigenvalue weighted by molar-refractivity contribution is 5.80. The van der Waals surface area contributed by atoms with Crippen LogP contribution in [0.4, 0.5) is 10.3 Å². The van der Waals surface area contributed by atoms with E-state index in [-0.39, 0.29) is 11.9 Å². The van der Waals surface area contributed by atoms with E-state index in [0.29, 0.717) is 29.4 Å². The molecule has 4 rings (SSSR count). The number of halogens is 1. The predicted molar refractivity (Wildman–Crippen MR) is 89.8 cm³/mol. The fourth-order valence-corrected chi connectivity index (χ4v) is 2.98. The van der Waals surface area contributed by atoms with Crippen LogP contribution in [0.25, 0.3) is 17.0 Å². The minimum Gasteiger partial charge on any atom is -0.488 e. The van der Waals surface area contributed by atoms with Gasteiger partial charge in [0.2, 0.25) is 5.95 Å². The highest BCUT2D eigenvalue weighted by Gasteiger charge is 2.22. The number of ether oxygens (including phenoxy) is 1. The normalized spacial score (nSPS) is 17.7. The number of hydrogen-bond acceptors (Lipinski definition) is 6. The van der Waals surface area contributed by atoms with Crippen LogP contribution < -0.4 is 15.3 Å². The van der Waals surface area contributed by atoms with Crippen LogP contribution in [-0.2, 0) is 0 Å². The van der Waals surface area contributed by atoms with Gasteiger partial charge in [-0.05, 0) is 19.8 Å². The number of anilines is 1. The lowest BCUT2D eigenvalue weighted by Crippen LogP contribution is -2.26. The van der Waals surface area contributed by atoms with E-state index in [0.717, 1.165) is 23.6 Å². The molecule has 0 fully saturated rings. The Bertz CT molecular complexity index is 998. The van der Waals surface area contributed by atoms with Crippen LogP contribution in [0.15, 0.2) is 23.3 Å². The molecule has 0 amide bonds. The molecule has 1 atom stereocenters. The minimum absolute atomic E-state index is 0.0685. The maximum Gasteiger partial charge on any atom is 0.333 e. The predicted octanol–water partition coefficient (Wildman–Crippen LogP) is 1.64. The van der Waals surface area contributed by atoms with Gasteiger partial charge < -0.3 is 9.64 Å². The average Bonchev–Trinajstić information content (AvgIpc) is 2.91. The van der Waals surface area contributed by atoms with Crippen LogP contribution >= 0.6 is 0 Å². The van der Waals surface area contributed by atoms with Gasteiger partial charge in [0.05, 0.1) is 12.3 Å². The van der Waals surface area contributed by atoms with E-state index in [1.807, 2.05) is 18.9 Å². The number of aromatic nitrogens is 5. The van der Waals surface area contributed by atoms with Crippen molar-refractivity contribution in [1.82, 2.24) is 24.5 Å². The van der Waals surface area contributed by atoms with Gasteiger partial charge in [0.25, 0.3) is 0 Å². The Morgan fingerprint density at radius 3 is 3.08 bits per heavy atom. The second-order valence-electron chi connectivity index (χ2n) is 6.11. The van der Waals surface area contributed by atoms with Crippen molar-refractivity contribution >= 4 is 17.1 Å². The number of H-pyrrole nitrogens is 1. The lowest BCUT2D eigenvalue weighted by atomic mass is 10.2. The summed E-state index contributed by atoms with van der Waals surface area (Å²) >= 11 is 0. The molecule has 0 saturated carbocycles. The van der Waals surface area contributed by atoms with E-state index >= 15 is 0 Å². The molecular weight excluding hydrogens is 327 g/mol. The molecule has 9 heteroatoms. The molecular formula is C16H17FN6O2. The Labute approximate surface area is 142 Å². The van der Waals surface area contributed by atoms with Crippen molar-refractivity contribution in [2.75, 3.05) is 18.5 Å². The van der Waals surface area contributed by atoms with Crippen LogP contribution in [0.5, 0.6) is 5.75 Å². The Hall–Kier alpha value is -2.97. The summed E-state index contributed by atoms with van der Waals surface area (Å²) in [5.41, 5.74) is 0.153. The zero-order valence-electron chi connectivity index (χ0n) is 13.9. The number of fused-ring (bicyclic) bond motifs is 3. The molecule has 1 N–H and O–H groups in total. The standard InChI is InChI=1S/C16H17FN6O2/c1-9-4-3-7-22(2)15-19-8-10(17)14(21-15)23-12-11(25-9)5-6-18-13(12)20-16(23)24/h5-6,8-9H,3-4,7H2,1-2H3,(H,18,20,24)/t9-/m0/s1. The SMILES string of the molecule is C[C@H]1CCCN(C)c2ncc(F)c(n2)-n2c(=O)[nH]c3nccc(c32)O1. The number of nitrogens with one attached hydrogen (secondary N) is 1. The van der Waals surface area contributed by atoms with Crippen LogP contribution in [0, 0.1) is 5.82 Å². The monoisotopic (exact) mass is 344 g/mol. The smallest absolute Gasteiger partial charge is 0.333 e. The Balaban J connectivity index is 2.05. The molecule has 0 aromatic carbocycles. The lowest BCUT2D eigenvalue weighted by molar-refractivity contribution is 0.210. The van der Waals surface area contributed by atoms with E-state index < -0.39 is 11.5 Å². The number of nitrogens with zero attached hydrogens (tertiary/aromatic N) is 5. The third-order valence-corrected chi connectivity index (χ3v) is 4.24. The fraction of sp³-hybridized carbons (Fsp3) is 0.375. The lowest BCUT2D eigenvalue weighted by Gasteiger charge is -2.21. The van der Waals surface area contributed by atoms with Gasteiger partial charge >= 0.3 is 5.69 Å². The molecule has 3 aromatic rings. The second-order valence-corrected chi connectivity index (χ2v) is 6.11. The number of aromatic amines is 1. The van der Waals surface area contributed by atoms with E-state index in [2.05, 4.69) is 19.9 Å². The third-order valence-electron chi connectivity index (χ3n) is 4.24. The molecule has 130 valence electrons. The summed E-state index contributed by atoms with van der Waals surface area (Å²) in [6.45, 7) is 2.66. The minimum atomic E-state index is -0.694. The first-order valence-corrected chi connectivity index (χ1v) is 8.05. The molecule has 0 spiro atoms. The topological polar surface area (TPSA) is 88.9 Å². The molecule has 3 aromatic heterocycles. The highest BCUT2D eigenvalue weighted by atomic mass is 19.1. The van der Waals surface area contributed by atoms with Crippen molar-refractivity contribution in [1.29, 1.82) is 0 Å². The highest BCUT2D eigenvalue weighted by Crippen LogP contribution is 2.27. The zero-order chi connectivity index (χ0) is 17.6. The van der Waals surface area contributed by atoms with Gasteiger partial charge in [0.15, 0.2) is 17.3 Å². The van der Waals surface area contributed by atoms with Crippen molar-refractivity contribution in [3.8, 4) is 11.6 Å². The largest absolute Gasteiger partial charge is 0.488 e. The summed E-state index contributed by atoms with van der Waals surface area (Å²) in [6.07, 6.45) is 4.23. The van der Waals surface area contributed by atoms with E-state index in [4.69, 9.17) is 4.74 Å². The molecule has 4 heterocycles. The first-order chi connectivity index (χ1) is 12.0. The van der Waals surface area contributed by atoms with E-state index in [1.54, 1.807) is 12.3 Å². The van der Waals surface area contributed by atoms with Crippen LogP contribution in [0.3, 0.4) is 0 Å². The number of rotatable bonds is 0. The summed E-state index contributed by atoms with van der Waals surface area (Å²) in [5, 5.41) is 0. The zero-order valence-corrected chi connectivity index (χ0v) is 13.9. The summed E-state index contributed by atoms with van der Waals surface area (Å²) in [7, 11) is 1.83. The molecule has 0 aliphatic carbocycles. The number of imidazole rings is 1. The van der Waals surface area contributed by atoms with Crippen molar-refractivity contribution in [2.45, 2.75) is 25.9 Å². The van der Waals surface area contributed by atoms with Gasteiger partial charge in [-0.15, -0.1) is 0 Å². The van der Waals surface area contributed by atoms with Crippen LogP contribution in [0.1, 0.15) is 19.8 Å². The molecule has 1 aliphatic heterocycles. The van der Waals surface area contributed by atoms with E-state index in [1.165, 1.54) is 0 Å². The summed E-state index contributed by atoms with van der Waals surface area (Å²) in [5.74, 6) is 0.000753. The second kappa shape index (κ2) is 5.83. The van der Waals surface area contributed by atoms with Gasteiger partial charge in [0.1, 0.15) is 11.3 Å². The van der Waals surface area contributed by atoms with Gasteiger partial charge in [-0.25, -0.2) is 23.7 Å². The molecule has 8 nitrogen and oxygen atoms in total. The third kappa shape index (κ3) is 2.61. The van der Waals surface area contributed by atoms with Crippen LogP contribution in [-0.4, -0.2) is 44.2 Å². The average molecular weight is 344 g/mol. The number of pyridine rings is 1. The molecule has 1 aliphatic rings. The Morgan fingerprint density at radius 1 is 1.40 bits per heavy atom. The summed E-state index contributed by atoms with van der Waals surface area (Å²) in [4.78, 5) is 29.4. The van der Waals surface area contributed by atoms with Gasteiger partial charge in [0, 0.05) is 25.9 Å². The van der Waals surface area contributed by atoms with Gasteiger partial charge in [-0.2, -0.15) is 4.98 Å². The van der Waals surface area contributed by atoms with E-state index in [9.17, 15) is 9.18 Å². The Kier molecular flexibility index (Phi) is 3.63. The molecule has 0 unspecified atom stereocenters. The molecule has 25 heavy (non-hydrogen) atoms. The summed E-state index contributed by atoms with van der Waals surface area (Å²) in [6, 6.07) is 1.67. The molecule has 0 radical (unpaired) electrons. The molecule has 2 bridgehead atoms. The van der Waals surface area contributed by atoms with Crippen molar-refractivity contribution < 1.29 is 9.13 Å². The quantitative estimate of drug-likeness (QED) is 0.667. The maximum atomic E-state index is 14.4. The van der Waals surface area contributed by atoms with Crippen molar-refractivity contribution in [3.63, 3.8) is 0 Å². The fourth-order valence-electron chi connectivity index (χ4n) is 2.98. The first-order valence-electron chi connectivity index (χ1n) is 8.05. The van der Waals surface area contributed by atoms with Gasteiger partial charge in [-0.3, -0.25) is 4.98 Å². The maximum absolute atomic E-state index is 14.4. The summed E-state index contributed by atoms with van der Waals surface area (Å²) < 4.78 is 21.6. The van der Waals surface area contributed by atoms with Gasteiger partial charge in [-0.1, -0.05) is 0 Å². The van der Waals surface area contributed by atoms with Crippen molar-refractivity contribution in [2.24, 2.45) is 0 Å². The number of hydrogen-bond donors (Lipinski definition) is 1. The van der Waals surface area contributed by atoms with Crippen LogP contribution in [0.2, 0.25) is 0 Å². The molecule has 0 saturated heterocycles.